The van der Waals surface area contributed by atoms with Crippen molar-refractivity contribution in [1.82, 2.24) is 5.32 Å². The third-order valence-corrected chi connectivity index (χ3v) is 1.92. The normalized spacial score (nSPS) is 10.3. The van der Waals surface area contributed by atoms with E-state index < -0.39 is 11.7 Å². The fourth-order valence-corrected chi connectivity index (χ4v) is 1.15. The summed E-state index contributed by atoms with van der Waals surface area (Å²) in [6, 6.07) is 4.74. The Morgan fingerprint density at radius 3 is 2.42 bits per heavy atom. The number of hydrogen-bond donors (Lipinski definition) is 2. The molecule has 1 aromatic rings. The molecule has 0 heterocycles. The zero-order valence-corrected chi connectivity index (χ0v) is 10.3. The van der Waals surface area contributed by atoms with E-state index in [1.54, 1.807) is 7.05 Å². The van der Waals surface area contributed by atoms with Crippen molar-refractivity contribution in [1.29, 1.82) is 0 Å². The maximum absolute atomic E-state index is 12.1. The van der Waals surface area contributed by atoms with Crippen LogP contribution in [0.4, 0.5) is 13.2 Å². The van der Waals surface area contributed by atoms with Gasteiger partial charge in [0.25, 0.3) is 0 Å². The third kappa shape index (κ3) is 7.93. The van der Waals surface area contributed by atoms with Crippen molar-refractivity contribution in [2.24, 2.45) is 5.73 Å². The number of alkyl halides is 3. The number of rotatable bonds is 4. The Labute approximate surface area is 108 Å². The molecule has 0 aliphatic carbocycles. The van der Waals surface area contributed by atoms with E-state index in [-0.39, 0.29) is 18.9 Å². The lowest BCUT2D eigenvalue weighted by atomic mass is 10.1. The number of carbonyl (C=O) groups excluding carboxylic acids is 2. The number of nitrogens with one attached hydrogen (secondary N) is 1. The summed E-state index contributed by atoms with van der Waals surface area (Å²) in [7, 11) is 1.67. The highest BCUT2D eigenvalue weighted by Gasteiger charge is 2.30. The van der Waals surface area contributed by atoms with E-state index in [2.05, 4.69) is 5.32 Å². The minimum absolute atomic E-state index is 0.0178. The lowest BCUT2D eigenvalue weighted by Gasteiger charge is -2.06. The highest BCUT2D eigenvalue weighted by Crippen LogP contribution is 2.29. The van der Waals surface area contributed by atoms with E-state index in [4.69, 9.17) is 5.73 Å². The second-order valence-electron chi connectivity index (χ2n) is 3.57. The number of nitrogens with two attached hydrogens (primary N) is 1. The maximum atomic E-state index is 12.1. The molecule has 4 nitrogen and oxygen atoms in total. The fraction of sp³-hybridized carbons (Fsp3) is 0.333. The molecule has 0 saturated carbocycles. The standard InChI is InChI=1S/C9H7F3O.C3H8N2O/c10-9(11,12)8-3-1-2-7(6-8)4-5-13;1-5-2-3(4)6/h1-3,5-6H,4H2;5H,2H2,1H3,(H2,4,6). The molecule has 0 spiro atoms. The monoisotopic (exact) mass is 276 g/mol. The molecular formula is C12H15F3N2O2. The molecule has 0 atom stereocenters. The summed E-state index contributed by atoms with van der Waals surface area (Å²) in [5, 5.41) is 2.59. The van der Waals surface area contributed by atoms with Gasteiger partial charge >= 0.3 is 6.18 Å². The van der Waals surface area contributed by atoms with Crippen molar-refractivity contribution in [3.63, 3.8) is 0 Å². The van der Waals surface area contributed by atoms with Crippen LogP contribution in [0.25, 0.3) is 0 Å². The van der Waals surface area contributed by atoms with E-state index in [9.17, 15) is 22.8 Å². The van der Waals surface area contributed by atoms with Gasteiger partial charge in [0.15, 0.2) is 0 Å². The predicted molar refractivity (Wildman–Crippen MR) is 64.3 cm³/mol. The van der Waals surface area contributed by atoms with Crippen LogP contribution in [0.1, 0.15) is 11.1 Å². The van der Waals surface area contributed by atoms with Crippen LogP contribution in [-0.2, 0) is 22.2 Å². The molecule has 0 bridgehead atoms. The summed E-state index contributed by atoms with van der Waals surface area (Å²) in [5.41, 5.74) is 4.37. The van der Waals surface area contributed by atoms with Gasteiger partial charge in [0.1, 0.15) is 6.29 Å². The largest absolute Gasteiger partial charge is 0.416 e. The molecule has 0 aliphatic heterocycles. The van der Waals surface area contributed by atoms with Crippen LogP contribution in [0.3, 0.4) is 0 Å². The minimum Gasteiger partial charge on any atom is -0.369 e. The summed E-state index contributed by atoms with van der Waals surface area (Å²) >= 11 is 0. The van der Waals surface area contributed by atoms with Crippen LogP contribution >= 0.6 is 0 Å². The minimum atomic E-state index is -4.33. The zero-order valence-electron chi connectivity index (χ0n) is 10.3. The Hall–Kier alpha value is -1.89. The van der Waals surface area contributed by atoms with Gasteiger partial charge in [-0.1, -0.05) is 18.2 Å². The molecule has 0 aromatic heterocycles. The Kier molecular flexibility index (Phi) is 7.43. The van der Waals surface area contributed by atoms with Gasteiger partial charge in [0.2, 0.25) is 5.91 Å². The molecule has 1 rings (SSSR count). The van der Waals surface area contributed by atoms with Crippen LogP contribution in [0.15, 0.2) is 24.3 Å². The lowest BCUT2D eigenvalue weighted by Crippen LogP contribution is -2.25. The van der Waals surface area contributed by atoms with Gasteiger partial charge in [-0.25, -0.2) is 0 Å². The first kappa shape index (κ1) is 17.1. The molecule has 106 valence electrons. The number of halogens is 3. The highest BCUT2D eigenvalue weighted by molar-refractivity contribution is 5.75. The summed E-state index contributed by atoms with van der Waals surface area (Å²) in [4.78, 5) is 19.8. The van der Waals surface area contributed by atoms with Gasteiger partial charge in [0.05, 0.1) is 12.1 Å². The van der Waals surface area contributed by atoms with Gasteiger partial charge < -0.3 is 15.8 Å². The summed E-state index contributed by atoms with van der Waals surface area (Å²) in [6.45, 7) is 0.264. The number of amides is 1. The van der Waals surface area contributed by atoms with Gasteiger partial charge in [0, 0.05) is 6.42 Å². The molecule has 7 heteroatoms. The van der Waals surface area contributed by atoms with Crippen molar-refractivity contribution in [2.75, 3.05) is 13.6 Å². The average molecular weight is 276 g/mol. The van der Waals surface area contributed by atoms with E-state index in [1.165, 1.54) is 12.1 Å². The topological polar surface area (TPSA) is 72.2 Å². The Morgan fingerprint density at radius 2 is 2.05 bits per heavy atom. The molecule has 3 N–H and O–H groups in total. The predicted octanol–water partition coefficient (Wildman–Crippen LogP) is 1.14. The zero-order chi connectivity index (χ0) is 14.9. The molecular weight excluding hydrogens is 261 g/mol. The first-order valence-corrected chi connectivity index (χ1v) is 5.34. The SMILES string of the molecule is CNCC(N)=O.O=CCc1cccc(C(F)(F)F)c1. The number of aldehydes is 1. The second-order valence-corrected chi connectivity index (χ2v) is 3.57. The third-order valence-electron chi connectivity index (χ3n) is 1.92. The van der Waals surface area contributed by atoms with Crippen molar-refractivity contribution in [3.8, 4) is 0 Å². The quantitative estimate of drug-likeness (QED) is 0.810. The molecule has 0 unspecified atom stereocenters. The van der Waals surface area contributed by atoms with Crippen LogP contribution < -0.4 is 11.1 Å². The molecule has 0 fully saturated rings. The maximum Gasteiger partial charge on any atom is 0.416 e. The van der Waals surface area contributed by atoms with E-state index in [1.807, 2.05) is 0 Å². The van der Waals surface area contributed by atoms with Crippen molar-refractivity contribution >= 4 is 12.2 Å². The highest BCUT2D eigenvalue weighted by atomic mass is 19.4. The van der Waals surface area contributed by atoms with E-state index >= 15 is 0 Å². The smallest absolute Gasteiger partial charge is 0.369 e. The van der Waals surface area contributed by atoms with Crippen LogP contribution in [0.5, 0.6) is 0 Å². The first-order chi connectivity index (χ1) is 8.81. The summed E-state index contributed by atoms with van der Waals surface area (Å²) in [5.74, 6) is -0.322. The average Bonchev–Trinajstić information content (AvgIpc) is 2.29. The van der Waals surface area contributed by atoms with Crippen LogP contribution in [0.2, 0.25) is 0 Å². The summed E-state index contributed by atoms with van der Waals surface area (Å²) in [6.07, 6.45) is -3.74. The summed E-state index contributed by atoms with van der Waals surface area (Å²) < 4.78 is 36.4. The van der Waals surface area contributed by atoms with Gasteiger partial charge in [-0.3, -0.25) is 4.79 Å². The Bertz CT molecular complexity index is 420. The number of likely N-dealkylation sites (N-methyl/N-ethyl adjacent to an activating group) is 1. The molecule has 19 heavy (non-hydrogen) atoms. The van der Waals surface area contributed by atoms with E-state index in [0.717, 1.165) is 12.1 Å². The van der Waals surface area contributed by atoms with Crippen LogP contribution in [-0.4, -0.2) is 25.8 Å². The van der Waals surface area contributed by atoms with Crippen LogP contribution in [0, 0.1) is 0 Å². The van der Waals surface area contributed by atoms with Gasteiger partial charge in [-0.05, 0) is 18.7 Å². The number of benzene rings is 1. The van der Waals surface area contributed by atoms with Crippen molar-refractivity contribution < 1.29 is 22.8 Å². The number of primary amides is 1. The number of hydrogen-bond acceptors (Lipinski definition) is 3. The van der Waals surface area contributed by atoms with Gasteiger partial charge in [-0.15, -0.1) is 0 Å². The Morgan fingerprint density at radius 1 is 1.42 bits per heavy atom. The number of carbonyl (C=O) groups is 2. The second kappa shape index (κ2) is 8.25. The Balaban J connectivity index is 0.000000459. The lowest BCUT2D eigenvalue weighted by molar-refractivity contribution is -0.137. The first-order valence-electron chi connectivity index (χ1n) is 5.34. The molecule has 1 amide bonds. The molecule has 1 aromatic carbocycles. The van der Waals surface area contributed by atoms with Crippen molar-refractivity contribution in [3.05, 3.63) is 35.4 Å². The fourth-order valence-electron chi connectivity index (χ4n) is 1.15. The molecule has 0 aliphatic rings. The van der Waals surface area contributed by atoms with Crippen molar-refractivity contribution in [2.45, 2.75) is 12.6 Å². The molecule has 0 saturated heterocycles. The van der Waals surface area contributed by atoms with E-state index in [0.29, 0.717) is 11.8 Å². The van der Waals surface area contributed by atoms with Gasteiger partial charge in [-0.2, -0.15) is 13.2 Å². The molecule has 0 radical (unpaired) electrons.